The van der Waals surface area contributed by atoms with Crippen LogP contribution < -0.4 is 0 Å². The smallest absolute Gasteiger partial charge is 0.270 e. The van der Waals surface area contributed by atoms with E-state index in [0.717, 1.165) is 0 Å². The van der Waals surface area contributed by atoms with Crippen LogP contribution in [0.4, 0.5) is 0 Å². The van der Waals surface area contributed by atoms with E-state index in [1.54, 1.807) is 38.0 Å². The number of halogens is 1. The molecule has 0 aliphatic heterocycles. The van der Waals surface area contributed by atoms with Crippen molar-refractivity contribution in [3.63, 3.8) is 0 Å². The van der Waals surface area contributed by atoms with E-state index >= 15 is 0 Å². The molecule has 0 aromatic carbocycles. The summed E-state index contributed by atoms with van der Waals surface area (Å²) in [5, 5.41) is 0.586. The number of carbonyl (C=O) groups excluding carboxylic acids is 1. The lowest BCUT2D eigenvalue weighted by Crippen LogP contribution is -2.23. The van der Waals surface area contributed by atoms with Crippen LogP contribution in [0.25, 0.3) is 0 Å². The standard InChI is InChI=1S/C8H11ClN2O/c1-10(2)8(12)7-4-6(9)5-11(7)3/h4-5H,1-3H3. The van der Waals surface area contributed by atoms with Gasteiger partial charge in [0.15, 0.2) is 0 Å². The van der Waals surface area contributed by atoms with Crippen molar-refractivity contribution < 1.29 is 4.79 Å². The Morgan fingerprint density at radius 1 is 1.58 bits per heavy atom. The van der Waals surface area contributed by atoms with Crippen LogP contribution in [0, 0.1) is 0 Å². The average molecular weight is 187 g/mol. The lowest BCUT2D eigenvalue weighted by atomic mass is 10.4. The molecule has 0 saturated heterocycles. The first-order valence-corrected chi connectivity index (χ1v) is 3.93. The van der Waals surface area contributed by atoms with Crippen LogP contribution in [0.15, 0.2) is 12.3 Å². The Hall–Kier alpha value is -0.960. The minimum absolute atomic E-state index is 0.0376. The van der Waals surface area contributed by atoms with Gasteiger partial charge in [-0.25, -0.2) is 0 Å². The summed E-state index contributed by atoms with van der Waals surface area (Å²) in [7, 11) is 5.22. The predicted molar refractivity (Wildman–Crippen MR) is 48.4 cm³/mol. The summed E-state index contributed by atoms with van der Waals surface area (Å²) in [5.74, 6) is -0.0376. The van der Waals surface area contributed by atoms with Gasteiger partial charge in [0.2, 0.25) is 0 Å². The molecule has 66 valence electrons. The molecule has 1 amide bonds. The zero-order valence-corrected chi connectivity index (χ0v) is 8.09. The van der Waals surface area contributed by atoms with Gasteiger partial charge in [0.05, 0.1) is 5.02 Å². The first-order valence-electron chi connectivity index (χ1n) is 3.56. The second-order valence-corrected chi connectivity index (χ2v) is 3.29. The molecule has 0 unspecified atom stereocenters. The zero-order chi connectivity index (χ0) is 9.30. The van der Waals surface area contributed by atoms with Crippen LogP contribution >= 0.6 is 11.6 Å². The first kappa shape index (κ1) is 9.13. The van der Waals surface area contributed by atoms with E-state index in [1.165, 1.54) is 4.90 Å². The normalized spacial score (nSPS) is 10.0. The molecule has 0 aliphatic carbocycles. The average Bonchev–Trinajstić information content (AvgIpc) is 2.28. The fourth-order valence-corrected chi connectivity index (χ4v) is 1.22. The monoisotopic (exact) mass is 186 g/mol. The topological polar surface area (TPSA) is 25.2 Å². The van der Waals surface area contributed by atoms with Gasteiger partial charge in [0.25, 0.3) is 5.91 Å². The Labute approximate surface area is 76.5 Å². The third kappa shape index (κ3) is 1.61. The van der Waals surface area contributed by atoms with Crippen LogP contribution in [0.3, 0.4) is 0 Å². The number of hydrogen-bond acceptors (Lipinski definition) is 1. The lowest BCUT2D eigenvalue weighted by molar-refractivity contribution is 0.0818. The molecule has 0 spiro atoms. The van der Waals surface area contributed by atoms with Crippen molar-refractivity contribution in [2.24, 2.45) is 7.05 Å². The third-order valence-corrected chi connectivity index (χ3v) is 1.80. The predicted octanol–water partition coefficient (Wildman–Crippen LogP) is 1.38. The highest BCUT2D eigenvalue weighted by molar-refractivity contribution is 6.31. The number of nitrogens with zero attached hydrogens (tertiary/aromatic N) is 2. The van der Waals surface area contributed by atoms with E-state index in [9.17, 15) is 4.79 Å². The van der Waals surface area contributed by atoms with E-state index in [-0.39, 0.29) is 5.91 Å². The quantitative estimate of drug-likeness (QED) is 0.651. The van der Waals surface area contributed by atoms with E-state index in [0.29, 0.717) is 10.7 Å². The molecule has 0 saturated carbocycles. The summed E-state index contributed by atoms with van der Waals surface area (Å²) in [6, 6.07) is 1.66. The second kappa shape index (κ2) is 3.19. The number of carbonyl (C=O) groups is 1. The number of aromatic nitrogens is 1. The number of amides is 1. The van der Waals surface area contributed by atoms with E-state index in [2.05, 4.69) is 0 Å². The second-order valence-electron chi connectivity index (χ2n) is 2.85. The van der Waals surface area contributed by atoms with Crippen LogP contribution in [0.2, 0.25) is 5.02 Å². The van der Waals surface area contributed by atoms with E-state index < -0.39 is 0 Å². The molecule has 0 N–H and O–H groups in total. The van der Waals surface area contributed by atoms with Gasteiger partial charge in [-0.2, -0.15) is 0 Å². The van der Waals surface area contributed by atoms with Crippen molar-refractivity contribution in [1.29, 1.82) is 0 Å². The van der Waals surface area contributed by atoms with Crippen molar-refractivity contribution >= 4 is 17.5 Å². The van der Waals surface area contributed by atoms with E-state index in [1.807, 2.05) is 0 Å². The van der Waals surface area contributed by atoms with Crippen molar-refractivity contribution in [1.82, 2.24) is 9.47 Å². The zero-order valence-electron chi connectivity index (χ0n) is 7.34. The Morgan fingerprint density at radius 2 is 2.17 bits per heavy atom. The Kier molecular flexibility index (Phi) is 2.43. The summed E-state index contributed by atoms with van der Waals surface area (Å²) in [4.78, 5) is 12.9. The molecule has 0 fully saturated rings. The van der Waals surface area contributed by atoms with Gasteiger partial charge in [-0.05, 0) is 6.07 Å². The SMILES string of the molecule is CN(C)C(=O)c1cc(Cl)cn1C. The van der Waals surface area contributed by atoms with Crippen molar-refractivity contribution in [2.75, 3.05) is 14.1 Å². The molecule has 0 radical (unpaired) electrons. The van der Waals surface area contributed by atoms with Gasteiger partial charge in [-0.15, -0.1) is 0 Å². The maximum absolute atomic E-state index is 11.4. The number of rotatable bonds is 1. The fraction of sp³-hybridized carbons (Fsp3) is 0.375. The van der Waals surface area contributed by atoms with Gasteiger partial charge in [0, 0.05) is 27.3 Å². The molecular formula is C8H11ClN2O. The first-order chi connectivity index (χ1) is 5.52. The Morgan fingerprint density at radius 3 is 2.50 bits per heavy atom. The molecule has 3 nitrogen and oxygen atoms in total. The largest absolute Gasteiger partial charge is 0.345 e. The highest BCUT2D eigenvalue weighted by atomic mass is 35.5. The molecule has 4 heteroatoms. The molecule has 0 aliphatic rings. The molecule has 12 heavy (non-hydrogen) atoms. The molecule has 1 rings (SSSR count). The molecular weight excluding hydrogens is 176 g/mol. The Balaban J connectivity index is 3.02. The summed E-state index contributed by atoms with van der Waals surface area (Å²) >= 11 is 5.72. The van der Waals surface area contributed by atoms with Gasteiger partial charge in [-0.3, -0.25) is 4.79 Å². The van der Waals surface area contributed by atoms with Crippen molar-refractivity contribution in [3.8, 4) is 0 Å². The van der Waals surface area contributed by atoms with Gasteiger partial charge < -0.3 is 9.47 Å². The van der Waals surface area contributed by atoms with Crippen LogP contribution in [-0.2, 0) is 7.05 Å². The highest BCUT2D eigenvalue weighted by Crippen LogP contribution is 2.13. The minimum atomic E-state index is -0.0376. The van der Waals surface area contributed by atoms with Crippen molar-refractivity contribution in [2.45, 2.75) is 0 Å². The third-order valence-electron chi connectivity index (χ3n) is 1.60. The van der Waals surface area contributed by atoms with Crippen LogP contribution in [0.5, 0.6) is 0 Å². The number of aryl methyl sites for hydroxylation is 1. The van der Waals surface area contributed by atoms with Crippen LogP contribution in [-0.4, -0.2) is 29.5 Å². The summed E-state index contributed by atoms with van der Waals surface area (Å²) in [6.07, 6.45) is 1.71. The fourth-order valence-electron chi connectivity index (χ4n) is 0.966. The molecule has 0 atom stereocenters. The summed E-state index contributed by atoms with van der Waals surface area (Å²) < 4.78 is 1.71. The maximum Gasteiger partial charge on any atom is 0.270 e. The van der Waals surface area contributed by atoms with Crippen LogP contribution in [0.1, 0.15) is 10.5 Å². The highest BCUT2D eigenvalue weighted by Gasteiger charge is 2.12. The minimum Gasteiger partial charge on any atom is -0.345 e. The summed E-state index contributed by atoms with van der Waals surface area (Å²) in [6.45, 7) is 0. The molecule has 1 aromatic heterocycles. The molecule has 1 heterocycles. The molecule has 0 bridgehead atoms. The van der Waals surface area contributed by atoms with Crippen molar-refractivity contribution in [3.05, 3.63) is 23.0 Å². The number of hydrogen-bond donors (Lipinski definition) is 0. The summed E-state index contributed by atoms with van der Waals surface area (Å²) in [5.41, 5.74) is 0.602. The van der Waals surface area contributed by atoms with E-state index in [4.69, 9.17) is 11.6 Å². The van der Waals surface area contributed by atoms with Gasteiger partial charge >= 0.3 is 0 Å². The van der Waals surface area contributed by atoms with Gasteiger partial charge in [-0.1, -0.05) is 11.6 Å². The maximum atomic E-state index is 11.4. The van der Waals surface area contributed by atoms with Gasteiger partial charge in [0.1, 0.15) is 5.69 Å². The Bertz CT molecular complexity index is 304. The lowest BCUT2D eigenvalue weighted by Gasteiger charge is -2.09. The molecule has 1 aromatic rings.